The molecule has 0 aliphatic carbocycles. The Hall–Kier alpha value is -0.160. The Kier molecular flexibility index (Phi) is 12.8. The summed E-state index contributed by atoms with van der Waals surface area (Å²) in [4.78, 5) is 12.3. The number of piperazine rings is 1. The number of methoxy groups -OCH3 is 1. The molecule has 7 nitrogen and oxygen atoms in total. The minimum atomic E-state index is 0. The number of hydrogen-bond donors (Lipinski definition) is 1. The predicted molar refractivity (Wildman–Crippen MR) is 122 cm³/mol. The van der Waals surface area contributed by atoms with Crippen LogP contribution in [0.4, 0.5) is 0 Å². The normalized spacial score (nSPS) is 23.3. The summed E-state index contributed by atoms with van der Waals surface area (Å²) in [5, 5.41) is 3.48. The highest BCUT2D eigenvalue weighted by Gasteiger charge is 2.25. The number of guanidine groups is 1. The third-order valence-corrected chi connectivity index (χ3v) is 5.37. The topological polar surface area (TPSA) is 52.6 Å². The van der Waals surface area contributed by atoms with Crippen molar-refractivity contribution in [3.05, 3.63) is 0 Å². The molecule has 2 unspecified atom stereocenters. The maximum Gasteiger partial charge on any atom is 0.193 e. The van der Waals surface area contributed by atoms with Crippen LogP contribution in [-0.4, -0.2) is 113 Å². The monoisotopic (exact) mass is 497 g/mol. The zero-order chi connectivity index (χ0) is 18.8. The van der Waals surface area contributed by atoms with Crippen LogP contribution in [0.15, 0.2) is 4.99 Å². The van der Waals surface area contributed by atoms with Gasteiger partial charge in [0.1, 0.15) is 0 Å². The number of nitrogens with zero attached hydrogens (tertiary/aromatic N) is 4. The van der Waals surface area contributed by atoms with Crippen LogP contribution in [0.25, 0.3) is 0 Å². The van der Waals surface area contributed by atoms with Crippen LogP contribution < -0.4 is 5.32 Å². The zero-order valence-electron chi connectivity index (χ0n) is 17.7. The molecule has 0 saturated carbocycles. The minimum absolute atomic E-state index is 0. The Labute approximate surface area is 182 Å². The average Bonchev–Trinajstić information content (AvgIpc) is 3.11. The third-order valence-electron chi connectivity index (χ3n) is 5.37. The van der Waals surface area contributed by atoms with Gasteiger partial charge >= 0.3 is 0 Å². The molecule has 27 heavy (non-hydrogen) atoms. The van der Waals surface area contributed by atoms with Gasteiger partial charge < -0.3 is 24.6 Å². The number of hydrogen-bond acceptors (Lipinski definition) is 5. The van der Waals surface area contributed by atoms with E-state index in [-0.39, 0.29) is 24.0 Å². The van der Waals surface area contributed by atoms with Crippen molar-refractivity contribution in [3.8, 4) is 0 Å². The minimum Gasteiger partial charge on any atom is -0.382 e. The summed E-state index contributed by atoms with van der Waals surface area (Å²) in [6, 6.07) is 0.494. The van der Waals surface area contributed by atoms with Crippen molar-refractivity contribution in [1.82, 2.24) is 20.0 Å². The summed E-state index contributed by atoms with van der Waals surface area (Å²) in [6.07, 6.45) is 1.17. The van der Waals surface area contributed by atoms with Crippen molar-refractivity contribution in [2.75, 3.05) is 86.3 Å². The first kappa shape index (κ1) is 24.9. The lowest BCUT2D eigenvalue weighted by Crippen LogP contribution is -2.49. The lowest BCUT2D eigenvalue weighted by Gasteiger charge is -2.36. The lowest BCUT2D eigenvalue weighted by molar-refractivity contribution is 0.0536. The lowest BCUT2D eigenvalue weighted by atomic mass is 10.1. The van der Waals surface area contributed by atoms with E-state index < -0.39 is 0 Å². The average molecular weight is 497 g/mol. The van der Waals surface area contributed by atoms with E-state index in [1.807, 2.05) is 0 Å². The number of rotatable bonds is 9. The zero-order valence-corrected chi connectivity index (χ0v) is 20.0. The molecule has 2 saturated heterocycles. The van der Waals surface area contributed by atoms with E-state index in [1.54, 1.807) is 7.11 Å². The van der Waals surface area contributed by atoms with Crippen LogP contribution in [0.1, 0.15) is 20.3 Å². The molecule has 2 aliphatic heterocycles. The molecule has 0 radical (unpaired) electrons. The number of aliphatic imine (C=N–C) groups is 1. The number of nitrogens with one attached hydrogen (secondary N) is 1. The Balaban J connectivity index is 0.00000364. The molecule has 2 fully saturated rings. The molecule has 0 amide bonds. The quantitative estimate of drug-likeness (QED) is 0.224. The fraction of sp³-hybridized carbons (Fsp3) is 0.947. The second kappa shape index (κ2) is 13.9. The Morgan fingerprint density at radius 2 is 1.93 bits per heavy atom. The second-order valence-corrected chi connectivity index (χ2v) is 7.55. The Morgan fingerprint density at radius 1 is 1.19 bits per heavy atom. The van der Waals surface area contributed by atoms with Gasteiger partial charge in [-0.25, -0.2) is 0 Å². The van der Waals surface area contributed by atoms with Crippen LogP contribution in [0.3, 0.4) is 0 Å². The first-order valence-corrected chi connectivity index (χ1v) is 10.2. The van der Waals surface area contributed by atoms with Crippen LogP contribution in [0, 0.1) is 5.92 Å². The number of ether oxygens (including phenoxy) is 2. The van der Waals surface area contributed by atoms with Gasteiger partial charge in [-0.2, -0.15) is 0 Å². The number of likely N-dealkylation sites (N-methyl/N-ethyl adjacent to an activating group) is 1. The summed E-state index contributed by atoms with van der Waals surface area (Å²) in [7, 11) is 3.91. The van der Waals surface area contributed by atoms with Crippen molar-refractivity contribution >= 4 is 29.9 Å². The molecule has 0 aromatic carbocycles. The summed E-state index contributed by atoms with van der Waals surface area (Å²) in [5.74, 6) is 1.65. The SMILES string of the molecule is CCNC(=NCC(C)N1CCN(C)CC1)N1CCC(COCCOC)C1.I. The molecule has 2 atom stereocenters. The van der Waals surface area contributed by atoms with Gasteiger partial charge in [-0.05, 0) is 27.3 Å². The molecule has 0 aromatic rings. The highest BCUT2D eigenvalue weighted by molar-refractivity contribution is 14.0. The van der Waals surface area contributed by atoms with E-state index in [0.717, 1.165) is 64.9 Å². The molecule has 0 aromatic heterocycles. The van der Waals surface area contributed by atoms with Crippen molar-refractivity contribution in [1.29, 1.82) is 0 Å². The van der Waals surface area contributed by atoms with Crippen molar-refractivity contribution in [3.63, 3.8) is 0 Å². The van der Waals surface area contributed by atoms with E-state index in [1.165, 1.54) is 6.42 Å². The highest BCUT2D eigenvalue weighted by atomic mass is 127. The van der Waals surface area contributed by atoms with Gasteiger partial charge in [0.2, 0.25) is 0 Å². The van der Waals surface area contributed by atoms with Crippen molar-refractivity contribution in [2.45, 2.75) is 26.3 Å². The molecule has 1 N–H and O–H groups in total. The summed E-state index contributed by atoms with van der Waals surface area (Å²) in [6.45, 7) is 15.1. The standard InChI is InChI=1S/C19H39N5O2.HI/c1-5-20-19(21-14-17(2)23-10-8-22(3)9-11-23)24-7-6-18(15-24)16-26-13-12-25-4;/h17-18H,5-16H2,1-4H3,(H,20,21);1H. The largest absolute Gasteiger partial charge is 0.382 e. The fourth-order valence-electron chi connectivity index (χ4n) is 3.58. The molecule has 160 valence electrons. The van der Waals surface area contributed by atoms with Crippen molar-refractivity contribution in [2.24, 2.45) is 10.9 Å². The van der Waals surface area contributed by atoms with Gasteiger partial charge in [-0.3, -0.25) is 9.89 Å². The summed E-state index contributed by atoms with van der Waals surface area (Å²) < 4.78 is 10.7. The maximum atomic E-state index is 5.71. The van der Waals surface area contributed by atoms with Crippen LogP contribution in [-0.2, 0) is 9.47 Å². The molecule has 2 heterocycles. The van der Waals surface area contributed by atoms with E-state index in [0.29, 0.717) is 25.2 Å². The number of likely N-dealkylation sites (tertiary alicyclic amines) is 1. The fourth-order valence-corrected chi connectivity index (χ4v) is 3.58. The number of halogens is 1. The summed E-state index contributed by atoms with van der Waals surface area (Å²) in [5.41, 5.74) is 0. The van der Waals surface area contributed by atoms with Gasteiger partial charge in [0.05, 0.1) is 26.4 Å². The van der Waals surface area contributed by atoms with Crippen molar-refractivity contribution < 1.29 is 9.47 Å². The maximum absolute atomic E-state index is 5.71. The van der Waals surface area contributed by atoms with Gasteiger partial charge in [0, 0.05) is 64.9 Å². The molecule has 2 aliphatic rings. The van der Waals surface area contributed by atoms with E-state index >= 15 is 0 Å². The van der Waals surface area contributed by atoms with Gasteiger partial charge in [-0.1, -0.05) is 0 Å². The van der Waals surface area contributed by atoms with E-state index in [4.69, 9.17) is 14.5 Å². The van der Waals surface area contributed by atoms with Gasteiger partial charge in [0.15, 0.2) is 5.96 Å². The molecule has 0 bridgehead atoms. The predicted octanol–water partition coefficient (Wildman–Crippen LogP) is 1.19. The molecule has 2 rings (SSSR count). The Morgan fingerprint density at radius 3 is 2.59 bits per heavy atom. The van der Waals surface area contributed by atoms with Crippen LogP contribution in [0.2, 0.25) is 0 Å². The second-order valence-electron chi connectivity index (χ2n) is 7.55. The van der Waals surface area contributed by atoms with Crippen LogP contribution in [0.5, 0.6) is 0 Å². The molecular formula is C19H40IN5O2. The first-order valence-electron chi connectivity index (χ1n) is 10.2. The molecule has 8 heteroatoms. The summed E-state index contributed by atoms with van der Waals surface area (Å²) >= 11 is 0. The first-order chi connectivity index (χ1) is 12.6. The Bertz CT molecular complexity index is 419. The third kappa shape index (κ3) is 8.81. The smallest absolute Gasteiger partial charge is 0.193 e. The molecular weight excluding hydrogens is 457 g/mol. The van der Waals surface area contributed by atoms with Crippen LogP contribution >= 0.6 is 24.0 Å². The van der Waals surface area contributed by atoms with E-state index in [9.17, 15) is 0 Å². The van der Waals surface area contributed by atoms with Gasteiger partial charge in [0.25, 0.3) is 0 Å². The highest BCUT2D eigenvalue weighted by Crippen LogP contribution is 2.17. The van der Waals surface area contributed by atoms with Gasteiger partial charge in [-0.15, -0.1) is 24.0 Å². The molecule has 0 spiro atoms. The van der Waals surface area contributed by atoms with E-state index in [2.05, 4.69) is 40.9 Å².